The lowest BCUT2D eigenvalue weighted by Gasteiger charge is -2.27. The molecule has 3 N–H and O–H groups in total. The predicted molar refractivity (Wildman–Crippen MR) is 99.0 cm³/mol. The van der Waals surface area contributed by atoms with Crippen LogP contribution < -0.4 is 10.6 Å². The van der Waals surface area contributed by atoms with Crippen molar-refractivity contribution in [3.05, 3.63) is 11.8 Å². The molecular formula is C18H32N4O3. The monoisotopic (exact) mass is 352 g/mol. The van der Waals surface area contributed by atoms with E-state index >= 15 is 0 Å². The highest BCUT2D eigenvalue weighted by molar-refractivity contribution is 5.89. The molecule has 0 spiro atoms. The summed E-state index contributed by atoms with van der Waals surface area (Å²) < 4.78 is 1.80. The van der Waals surface area contributed by atoms with Crippen LogP contribution >= 0.6 is 0 Å². The van der Waals surface area contributed by atoms with Crippen molar-refractivity contribution in [2.45, 2.75) is 84.7 Å². The molecule has 7 heteroatoms. The number of rotatable bonds is 5. The Morgan fingerprint density at radius 1 is 1.12 bits per heavy atom. The van der Waals surface area contributed by atoms with Crippen molar-refractivity contribution in [1.29, 1.82) is 0 Å². The Morgan fingerprint density at radius 3 is 2.12 bits per heavy atom. The van der Waals surface area contributed by atoms with E-state index in [0.717, 1.165) is 5.69 Å². The van der Waals surface area contributed by atoms with Crippen molar-refractivity contribution < 1.29 is 14.7 Å². The molecule has 0 saturated heterocycles. The van der Waals surface area contributed by atoms with Crippen LogP contribution in [-0.2, 0) is 15.7 Å². The number of carbonyl (C=O) groups is 2. The Labute approximate surface area is 150 Å². The lowest BCUT2D eigenvalue weighted by Crippen LogP contribution is -2.46. The molecule has 25 heavy (non-hydrogen) atoms. The minimum Gasteiger partial charge on any atom is -0.481 e. The number of nitrogens with one attached hydrogen (secondary N) is 2. The average Bonchev–Trinajstić information content (AvgIpc) is 2.79. The second-order valence-electron chi connectivity index (χ2n) is 9.10. The van der Waals surface area contributed by atoms with Gasteiger partial charge in [0.1, 0.15) is 5.82 Å². The molecular weight excluding hydrogens is 320 g/mol. The van der Waals surface area contributed by atoms with Gasteiger partial charge >= 0.3 is 12.0 Å². The smallest absolute Gasteiger partial charge is 0.320 e. The van der Waals surface area contributed by atoms with Crippen LogP contribution in [0.25, 0.3) is 0 Å². The summed E-state index contributed by atoms with van der Waals surface area (Å²) >= 11 is 0. The molecule has 0 atom stereocenters. The van der Waals surface area contributed by atoms with Crippen molar-refractivity contribution in [2.24, 2.45) is 0 Å². The molecule has 1 aromatic heterocycles. The molecule has 0 aromatic carbocycles. The molecule has 0 saturated carbocycles. The molecule has 0 fully saturated rings. The summed E-state index contributed by atoms with van der Waals surface area (Å²) in [4.78, 5) is 23.1. The zero-order valence-electron chi connectivity index (χ0n) is 16.6. The fourth-order valence-electron chi connectivity index (χ4n) is 2.28. The largest absolute Gasteiger partial charge is 0.481 e. The summed E-state index contributed by atoms with van der Waals surface area (Å²) in [6.45, 7) is 15.9. The van der Waals surface area contributed by atoms with Gasteiger partial charge in [-0.3, -0.25) is 10.1 Å². The molecule has 2 amide bonds. The van der Waals surface area contributed by atoms with Gasteiger partial charge in [0.2, 0.25) is 0 Å². The van der Waals surface area contributed by atoms with Crippen molar-refractivity contribution in [2.75, 3.05) is 5.32 Å². The summed E-state index contributed by atoms with van der Waals surface area (Å²) in [5, 5.41) is 19.2. The fraction of sp³-hybridized carbons (Fsp3) is 0.722. The number of nitrogens with zero attached hydrogens (tertiary/aromatic N) is 2. The molecule has 142 valence electrons. The van der Waals surface area contributed by atoms with Gasteiger partial charge < -0.3 is 10.4 Å². The van der Waals surface area contributed by atoms with E-state index in [2.05, 4.69) is 36.5 Å². The molecule has 1 rings (SSSR count). The summed E-state index contributed by atoms with van der Waals surface area (Å²) in [5.74, 6) is -0.264. The SMILES string of the molecule is CC(C)(CCC(=O)O)NC(=O)Nc1cc(C(C)(C)C)nn1C(C)(C)C. The maximum Gasteiger partial charge on any atom is 0.320 e. The van der Waals surface area contributed by atoms with Crippen molar-refractivity contribution in [1.82, 2.24) is 15.1 Å². The normalized spacial score (nSPS) is 12.8. The van der Waals surface area contributed by atoms with Gasteiger partial charge in [-0.1, -0.05) is 20.8 Å². The molecule has 1 aromatic rings. The molecule has 0 aliphatic heterocycles. The number of carboxylic acid groups (broad SMARTS) is 1. The minimum absolute atomic E-state index is 0.00137. The second-order valence-corrected chi connectivity index (χ2v) is 9.10. The Morgan fingerprint density at radius 2 is 1.68 bits per heavy atom. The number of hydrogen-bond donors (Lipinski definition) is 3. The molecule has 1 heterocycles. The van der Waals surface area contributed by atoms with Gasteiger partial charge in [0.05, 0.1) is 11.2 Å². The maximum atomic E-state index is 12.4. The first-order chi connectivity index (χ1) is 11.1. The first kappa shape index (κ1) is 21.0. The quantitative estimate of drug-likeness (QED) is 0.753. The van der Waals surface area contributed by atoms with E-state index in [-0.39, 0.29) is 23.4 Å². The number of anilines is 1. The molecule has 0 aliphatic carbocycles. The topological polar surface area (TPSA) is 96.2 Å². The van der Waals surface area contributed by atoms with Crippen LogP contribution in [0.1, 0.15) is 73.9 Å². The zero-order chi connectivity index (χ0) is 19.6. The highest BCUT2D eigenvalue weighted by Crippen LogP contribution is 2.28. The number of carbonyl (C=O) groups excluding carboxylic acids is 1. The van der Waals surface area contributed by atoms with Gasteiger partial charge in [-0.25, -0.2) is 9.48 Å². The Balaban J connectivity index is 2.96. The first-order valence-electron chi connectivity index (χ1n) is 8.54. The molecule has 0 aliphatic rings. The van der Waals surface area contributed by atoms with Crippen LogP contribution in [0.15, 0.2) is 6.07 Å². The van der Waals surface area contributed by atoms with E-state index in [1.165, 1.54) is 0 Å². The third kappa shape index (κ3) is 6.40. The van der Waals surface area contributed by atoms with Crippen molar-refractivity contribution >= 4 is 17.8 Å². The summed E-state index contributed by atoms with van der Waals surface area (Å²) in [7, 11) is 0. The van der Waals surface area contributed by atoms with Crippen molar-refractivity contribution in [3.63, 3.8) is 0 Å². The fourth-order valence-corrected chi connectivity index (χ4v) is 2.28. The minimum atomic E-state index is -0.879. The van der Waals surface area contributed by atoms with Crippen LogP contribution in [0.3, 0.4) is 0 Å². The van der Waals surface area contributed by atoms with E-state index in [1.807, 2.05) is 26.8 Å². The van der Waals surface area contributed by atoms with Gasteiger partial charge in [-0.05, 0) is 41.0 Å². The number of aromatic nitrogens is 2. The van der Waals surface area contributed by atoms with Crippen molar-refractivity contribution in [3.8, 4) is 0 Å². The molecule has 0 bridgehead atoms. The summed E-state index contributed by atoms with van der Waals surface area (Å²) in [6.07, 6.45) is 0.350. The lowest BCUT2D eigenvalue weighted by molar-refractivity contribution is -0.137. The Bertz CT molecular complexity index is 634. The average molecular weight is 352 g/mol. The Hall–Kier alpha value is -2.05. The highest BCUT2D eigenvalue weighted by atomic mass is 16.4. The van der Waals surface area contributed by atoms with Crippen LogP contribution in [-0.4, -0.2) is 32.4 Å². The summed E-state index contributed by atoms with van der Waals surface area (Å²) in [6, 6.07) is 1.51. The Kier molecular flexibility index (Phi) is 5.93. The van der Waals surface area contributed by atoms with Crippen LogP contribution in [0, 0.1) is 0 Å². The number of carboxylic acids is 1. The highest BCUT2D eigenvalue weighted by Gasteiger charge is 2.27. The third-order valence-electron chi connectivity index (χ3n) is 3.77. The van der Waals surface area contributed by atoms with E-state index < -0.39 is 11.5 Å². The number of aliphatic carboxylic acids is 1. The lowest BCUT2D eigenvalue weighted by atomic mass is 9.92. The molecule has 0 unspecified atom stereocenters. The van der Waals surface area contributed by atoms with Gasteiger partial charge in [-0.2, -0.15) is 5.10 Å². The van der Waals surface area contributed by atoms with E-state index in [0.29, 0.717) is 12.2 Å². The molecule has 0 radical (unpaired) electrons. The van der Waals surface area contributed by atoms with Crippen LogP contribution in [0.2, 0.25) is 0 Å². The van der Waals surface area contributed by atoms with Gasteiger partial charge in [0.15, 0.2) is 0 Å². The standard InChI is InChI=1S/C18H32N4O3/c1-16(2,3)12-11-13(22(21-12)17(4,5)6)19-15(25)20-18(7,8)10-9-14(23)24/h11H,9-10H2,1-8H3,(H,23,24)(H2,19,20,25). The van der Waals surface area contributed by atoms with E-state index in [4.69, 9.17) is 5.11 Å². The van der Waals surface area contributed by atoms with Crippen LogP contribution in [0.4, 0.5) is 10.6 Å². The number of amides is 2. The van der Waals surface area contributed by atoms with Gasteiger partial charge in [-0.15, -0.1) is 0 Å². The number of hydrogen-bond acceptors (Lipinski definition) is 3. The van der Waals surface area contributed by atoms with Crippen LogP contribution in [0.5, 0.6) is 0 Å². The molecule has 7 nitrogen and oxygen atoms in total. The third-order valence-corrected chi connectivity index (χ3v) is 3.77. The van der Waals surface area contributed by atoms with Gasteiger partial charge in [0.25, 0.3) is 0 Å². The van der Waals surface area contributed by atoms with E-state index in [9.17, 15) is 9.59 Å². The zero-order valence-corrected chi connectivity index (χ0v) is 16.6. The number of urea groups is 1. The van der Waals surface area contributed by atoms with E-state index in [1.54, 1.807) is 18.5 Å². The summed E-state index contributed by atoms with van der Waals surface area (Å²) in [5.41, 5.74) is -0.153. The maximum absolute atomic E-state index is 12.4. The first-order valence-corrected chi connectivity index (χ1v) is 8.54. The predicted octanol–water partition coefficient (Wildman–Crippen LogP) is 3.70. The second kappa shape index (κ2) is 7.06. The van der Waals surface area contributed by atoms with Gasteiger partial charge in [0, 0.05) is 23.4 Å².